The molecule has 1 aliphatic heterocycles. The summed E-state index contributed by atoms with van der Waals surface area (Å²) in [6.07, 6.45) is 3.99. The Balaban J connectivity index is 1.74. The minimum atomic E-state index is 0.0983. The maximum atomic E-state index is 12.4. The van der Waals surface area contributed by atoms with E-state index in [9.17, 15) is 9.90 Å². The first-order valence-electron chi connectivity index (χ1n) is 7.85. The van der Waals surface area contributed by atoms with Crippen LogP contribution in [0.4, 0.5) is 4.79 Å². The molecule has 2 rings (SSSR count). The highest BCUT2D eigenvalue weighted by Gasteiger charge is 2.24. The Morgan fingerprint density at radius 1 is 1.38 bits per heavy atom. The second kappa shape index (κ2) is 8.03. The smallest absolute Gasteiger partial charge is 0.319 e. The first-order chi connectivity index (χ1) is 10.2. The summed E-state index contributed by atoms with van der Waals surface area (Å²) >= 11 is 0. The number of aliphatic hydroxyl groups excluding tert-OH is 1. The molecule has 21 heavy (non-hydrogen) atoms. The quantitative estimate of drug-likeness (QED) is 0.905. The van der Waals surface area contributed by atoms with Gasteiger partial charge in [0.1, 0.15) is 0 Å². The van der Waals surface area contributed by atoms with Crippen LogP contribution in [0.5, 0.6) is 0 Å². The number of urea groups is 1. The SMILES string of the molecule is CN(CCCc1ccccc1)C(=O)N1CCCC(CO)C1. The number of hydrogen-bond donors (Lipinski definition) is 1. The van der Waals surface area contributed by atoms with Crippen LogP contribution in [0.2, 0.25) is 0 Å². The molecule has 1 N–H and O–H groups in total. The second-order valence-corrected chi connectivity index (χ2v) is 5.93. The van der Waals surface area contributed by atoms with Gasteiger partial charge in [-0.25, -0.2) is 4.79 Å². The molecule has 1 fully saturated rings. The number of nitrogens with zero attached hydrogens (tertiary/aromatic N) is 2. The molecule has 4 nitrogen and oxygen atoms in total. The number of amides is 2. The number of hydrogen-bond acceptors (Lipinski definition) is 2. The average Bonchev–Trinajstić information content (AvgIpc) is 2.55. The molecule has 1 aromatic rings. The van der Waals surface area contributed by atoms with Crippen molar-refractivity contribution in [1.82, 2.24) is 9.80 Å². The zero-order valence-corrected chi connectivity index (χ0v) is 12.9. The molecule has 116 valence electrons. The van der Waals surface area contributed by atoms with E-state index in [0.29, 0.717) is 6.54 Å². The van der Waals surface area contributed by atoms with Crippen LogP contribution in [0.1, 0.15) is 24.8 Å². The lowest BCUT2D eigenvalue weighted by Crippen LogP contribution is -2.47. The van der Waals surface area contributed by atoms with Crippen LogP contribution >= 0.6 is 0 Å². The van der Waals surface area contributed by atoms with Gasteiger partial charge < -0.3 is 14.9 Å². The van der Waals surface area contributed by atoms with Crippen molar-refractivity contribution in [2.24, 2.45) is 5.92 Å². The molecule has 1 aromatic carbocycles. The molecule has 0 aliphatic carbocycles. The number of aliphatic hydroxyl groups is 1. The Labute approximate surface area is 127 Å². The van der Waals surface area contributed by atoms with Gasteiger partial charge in [-0.3, -0.25) is 0 Å². The van der Waals surface area contributed by atoms with E-state index in [-0.39, 0.29) is 18.6 Å². The van der Waals surface area contributed by atoms with Gasteiger partial charge in [-0.2, -0.15) is 0 Å². The lowest BCUT2D eigenvalue weighted by molar-refractivity contribution is 0.111. The number of piperidine rings is 1. The lowest BCUT2D eigenvalue weighted by Gasteiger charge is -2.34. The first-order valence-corrected chi connectivity index (χ1v) is 7.85. The van der Waals surface area contributed by atoms with Gasteiger partial charge in [0, 0.05) is 33.3 Å². The van der Waals surface area contributed by atoms with E-state index in [1.807, 2.05) is 35.0 Å². The maximum Gasteiger partial charge on any atom is 0.319 e. The van der Waals surface area contributed by atoms with Crippen LogP contribution in [-0.2, 0) is 6.42 Å². The molecule has 1 atom stereocenters. The number of rotatable bonds is 5. The third-order valence-electron chi connectivity index (χ3n) is 4.18. The molecule has 4 heteroatoms. The molecule has 2 amide bonds. The fourth-order valence-electron chi connectivity index (χ4n) is 2.89. The Morgan fingerprint density at radius 3 is 2.86 bits per heavy atom. The van der Waals surface area contributed by atoms with Crippen molar-refractivity contribution in [3.63, 3.8) is 0 Å². The lowest BCUT2D eigenvalue weighted by atomic mass is 9.99. The zero-order chi connectivity index (χ0) is 15.1. The highest BCUT2D eigenvalue weighted by Crippen LogP contribution is 2.17. The van der Waals surface area contributed by atoms with E-state index >= 15 is 0 Å². The molecule has 0 bridgehead atoms. The monoisotopic (exact) mass is 290 g/mol. The summed E-state index contributed by atoms with van der Waals surface area (Å²) in [6, 6.07) is 10.5. The third kappa shape index (κ3) is 4.74. The summed E-state index contributed by atoms with van der Waals surface area (Å²) < 4.78 is 0. The standard InChI is InChI=1S/C17H26N2O2/c1-18(11-5-9-15-7-3-2-4-8-15)17(21)19-12-6-10-16(13-19)14-20/h2-4,7-8,16,20H,5-6,9-14H2,1H3. The highest BCUT2D eigenvalue weighted by atomic mass is 16.3. The van der Waals surface area contributed by atoms with Gasteiger partial charge in [0.25, 0.3) is 0 Å². The molecule has 0 aromatic heterocycles. The summed E-state index contributed by atoms with van der Waals surface area (Å²) in [5.74, 6) is 0.250. The second-order valence-electron chi connectivity index (χ2n) is 5.93. The third-order valence-corrected chi connectivity index (χ3v) is 4.18. The Kier molecular flexibility index (Phi) is 6.05. The Bertz CT molecular complexity index is 436. The molecule has 0 spiro atoms. The van der Waals surface area contributed by atoms with Crippen LogP contribution in [0, 0.1) is 5.92 Å². The van der Waals surface area contributed by atoms with Gasteiger partial charge in [0.05, 0.1) is 0 Å². The van der Waals surface area contributed by atoms with Crippen LogP contribution in [0.15, 0.2) is 30.3 Å². The van der Waals surface area contributed by atoms with E-state index < -0.39 is 0 Å². The first kappa shape index (κ1) is 15.8. The van der Waals surface area contributed by atoms with Gasteiger partial charge in [0.15, 0.2) is 0 Å². The van der Waals surface area contributed by atoms with Gasteiger partial charge in [-0.05, 0) is 37.2 Å². The van der Waals surface area contributed by atoms with Crippen LogP contribution in [0.3, 0.4) is 0 Å². The summed E-state index contributed by atoms with van der Waals surface area (Å²) in [6.45, 7) is 2.46. The minimum absolute atomic E-state index is 0.0983. The normalized spacial score (nSPS) is 18.6. The summed E-state index contributed by atoms with van der Waals surface area (Å²) in [7, 11) is 1.87. The largest absolute Gasteiger partial charge is 0.396 e. The average molecular weight is 290 g/mol. The molecular weight excluding hydrogens is 264 g/mol. The van der Waals surface area contributed by atoms with Gasteiger partial charge in [0.2, 0.25) is 0 Å². The molecule has 1 unspecified atom stereocenters. The van der Waals surface area contributed by atoms with Crippen LogP contribution < -0.4 is 0 Å². The minimum Gasteiger partial charge on any atom is -0.396 e. The van der Waals surface area contributed by atoms with Crippen molar-refractivity contribution < 1.29 is 9.90 Å². The van der Waals surface area contributed by atoms with Gasteiger partial charge in [-0.15, -0.1) is 0 Å². The van der Waals surface area contributed by atoms with E-state index in [2.05, 4.69) is 12.1 Å². The summed E-state index contributed by atoms with van der Waals surface area (Å²) in [5, 5.41) is 9.25. The van der Waals surface area contributed by atoms with Crippen LogP contribution in [-0.4, -0.2) is 54.2 Å². The van der Waals surface area contributed by atoms with E-state index in [4.69, 9.17) is 0 Å². The fraction of sp³-hybridized carbons (Fsp3) is 0.588. The van der Waals surface area contributed by atoms with Gasteiger partial charge in [-0.1, -0.05) is 30.3 Å². The van der Waals surface area contributed by atoms with E-state index in [1.165, 1.54) is 5.56 Å². The van der Waals surface area contributed by atoms with Crippen molar-refractivity contribution >= 4 is 6.03 Å². The van der Waals surface area contributed by atoms with Crippen LogP contribution in [0.25, 0.3) is 0 Å². The van der Waals surface area contributed by atoms with Crippen molar-refractivity contribution in [1.29, 1.82) is 0 Å². The number of carbonyl (C=O) groups excluding carboxylic acids is 1. The predicted octanol–water partition coefficient (Wildman–Crippen LogP) is 2.38. The fourth-order valence-corrected chi connectivity index (χ4v) is 2.89. The maximum absolute atomic E-state index is 12.4. The number of benzene rings is 1. The van der Waals surface area contributed by atoms with E-state index in [0.717, 1.165) is 38.8 Å². The molecule has 1 aliphatic rings. The Morgan fingerprint density at radius 2 is 2.14 bits per heavy atom. The van der Waals surface area contributed by atoms with Gasteiger partial charge >= 0.3 is 6.03 Å². The molecule has 0 saturated carbocycles. The van der Waals surface area contributed by atoms with Crippen molar-refractivity contribution in [3.05, 3.63) is 35.9 Å². The molecule has 1 saturated heterocycles. The van der Waals surface area contributed by atoms with Crippen molar-refractivity contribution in [3.8, 4) is 0 Å². The molecule has 0 radical (unpaired) electrons. The number of aryl methyl sites for hydroxylation is 1. The topological polar surface area (TPSA) is 43.8 Å². The summed E-state index contributed by atoms with van der Waals surface area (Å²) in [5.41, 5.74) is 1.32. The Hall–Kier alpha value is -1.55. The predicted molar refractivity (Wildman–Crippen MR) is 84.2 cm³/mol. The molecular formula is C17H26N2O2. The number of likely N-dealkylation sites (tertiary alicyclic amines) is 1. The highest BCUT2D eigenvalue weighted by molar-refractivity contribution is 5.74. The van der Waals surface area contributed by atoms with E-state index in [1.54, 1.807) is 0 Å². The van der Waals surface area contributed by atoms with Crippen molar-refractivity contribution in [2.75, 3.05) is 33.3 Å². The zero-order valence-electron chi connectivity index (χ0n) is 12.9. The summed E-state index contributed by atoms with van der Waals surface area (Å²) in [4.78, 5) is 16.1. The van der Waals surface area contributed by atoms with Crippen molar-refractivity contribution in [2.45, 2.75) is 25.7 Å². The number of carbonyl (C=O) groups is 1. The molecule has 1 heterocycles.